The van der Waals surface area contributed by atoms with E-state index in [0.29, 0.717) is 0 Å². The van der Waals surface area contributed by atoms with Gasteiger partial charge in [0.2, 0.25) is 0 Å². The second-order valence-corrected chi connectivity index (χ2v) is 4.85. The largest absolute Gasteiger partial charge is 0.398 e. The molecule has 2 rings (SSSR count). The molecule has 15 heavy (non-hydrogen) atoms. The summed E-state index contributed by atoms with van der Waals surface area (Å²) < 4.78 is 0. The molecule has 3 heteroatoms. The Kier molecular flexibility index (Phi) is 3.17. The van der Waals surface area contributed by atoms with E-state index >= 15 is 0 Å². The number of nitrogens with zero attached hydrogens (tertiary/aromatic N) is 1. The highest BCUT2D eigenvalue weighted by Crippen LogP contribution is 2.30. The molecule has 0 spiro atoms. The van der Waals surface area contributed by atoms with Crippen LogP contribution in [0.25, 0.3) is 0 Å². The lowest BCUT2D eigenvalue weighted by Gasteiger charge is -2.18. The average Bonchev–Trinajstić information content (AvgIpc) is 2.95. The maximum atomic E-state index is 6.12. The molecule has 1 aromatic rings. The van der Waals surface area contributed by atoms with Crippen LogP contribution in [0.2, 0.25) is 5.02 Å². The van der Waals surface area contributed by atoms with Gasteiger partial charge in [-0.1, -0.05) is 17.7 Å². The Morgan fingerprint density at radius 1 is 1.47 bits per heavy atom. The van der Waals surface area contributed by atoms with E-state index in [2.05, 4.69) is 11.9 Å². The fraction of sp³-hybridized carbons (Fsp3) is 0.500. The van der Waals surface area contributed by atoms with Crippen molar-refractivity contribution in [3.63, 3.8) is 0 Å². The van der Waals surface area contributed by atoms with Gasteiger partial charge in [0.15, 0.2) is 0 Å². The standard InChI is InChI=1S/C12H17ClN2/c1-15(7-9-5-6-9)8-10-11(13)3-2-4-12(10)14/h2-4,9H,5-8,14H2,1H3. The van der Waals surface area contributed by atoms with Gasteiger partial charge < -0.3 is 10.6 Å². The Morgan fingerprint density at radius 2 is 2.20 bits per heavy atom. The molecule has 0 aliphatic heterocycles. The first-order chi connectivity index (χ1) is 7.16. The Balaban J connectivity index is 2.01. The number of benzene rings is 1. The number of hydrogen-bond donors (Lipinski definition) is 1. The number of nitrogens with two attached hydrogens (primary N) is 1. The summed E-state index contributed by atoms with van der Waals surface area (Å²) in [6.45, 7) is 2.01. The number of hydrogen-bond acceptors (Lipinski definition) is 2. The lowest BCUT2D eigenvalue weighted by atomic mass is 10.1. The van der Waals surface area contributed by atoms with E-state index in [1.54, 1.807) is 0 Å². The van der Waals surface area contributed by atoms with Gasteiger partial charge in [0.05, 0.1) is 0 Å². The average molecular weight is 225 g/mol. The fourth-order valence-electron chi connectivity index (χ4n) is 1.82. The predicted octanol–water partition coefficient (Wildman–Crippen LogP) is 2.76. The van der Waals surface area contributed by atoms with Crippen molar-refractivity contribution in [2.45, 2.75) is 19.4 Å². The number of anilines is 1. The molecule has 2 N–H and O–H groups in total. The van der Waals surface area contributed by atoms with Crippen LogP contribution in [0.3, 0.4) is 0 Å². The lowest BCUT2D eigenvalue weighted by molar-refractivity contribution is 0.313. The summed E-state index contributed by atoms with van der Waals surface area (Å²) >= 11 is 6.12. The van der Waals surface area contributed by atoms with E-state index < -0.39 is 0 Å². The van der Waals surface area contributed by atoms with E-state index in [4.69, 9.17) is 17.3 Å². The van der Waals surface area contributed by atoms with Crippen LogP contribution >= 0.6 is 11.6 Å². The van der Waals surface area contributed by atoms with Gasteiger partial charge in [0.1, 0.15) is 0 Å². The molecule has 0 aromatic heterocycles. The monoisotopic (exact) mass is 224 g/mol. The molecule has 1 saturated carbocycles. The van der Waals surface area contributed by atoms with E-state index in [1.165, 1.54) is 12.8 Å². The second-order valence-electron chi connectivity index (χ2n) is 4.45. The molecule has 1 aliphatic rings. The highest BCUT2D eigenvalue weighted by atomic mass is 35.5. The maximum Gasteiger partial charge on any atom is 0.0471 e. The summed E-state index contributed by atoms with van der Waals surface area (Å²) in [4.78, 5) is 2.30. The van der Waals surface area contributed by atoms with Crippen LogP contribution in [-0.4, -0.2) is 18.5 Å². The zero-order chi connectivity index (χ0) is 10.8. The molecule has 0 radical (unpaired) electrons. The van der Waals surface area contributed by atoms with Crippen molar-refractivity contribution in [1.29, 1.82) is 0 Å². The second kappa shape index (κ2) is 4.42. The molecule has 0 amide bonds. The smallest absolute Gasteiger partial charge is 0.0471 e. The number of halogens is 1. The highest BCUT2D eigenvalue weighted by Gasteiger charge is 2.23. The molecule has 0 heterocycles. The zero-order valence-electron chi connectivity index (χ0n) is 9.04. The van der Waals surface area contributed by atoms with E-state index in [9.17, 15) is 0 Å². The van der Waals surface area contributed by atoms with Crippen molar-refractivity contribution in [3.8, 4) is 0 Å². The van der Waals surface area contributed by atoms with Crippen molar-refractivity contribution in [2.75, 3.05) is 19.3 Å². The molecule has 2 nitrogen and oxygen atoms in total. The van der Waals surface area contributed by atoms with E-state index in [0.717, 1.165) is 35.3 Å². The van der Waals surface area contributed by atoms with Crippen LogP contribution in [-0.2, 0) is 6.54 Å². The van der Waals surface area contributed by atoms with Crippen LogP contribution in [0, 0.1) is 5.92 Å². The number of nitrogen functional groups attached to an aromatic ring is 1. The summed E-state index contributed by atoms with van der Waals surface area (Å²) in [6.07, 6.45) is 2.75. The lowest BCUT2D eigenvalue weighted by Crippen LogP contribution is -2.21. The normalized spacial score (nSPS) is 15.9. The van der Waals surface area contributed by atoms with Gasteiger partial charge in [-0.25, -0.2) is 0 Å². The minimum atomic E-state index is 0.776. The summed E-state index contributed by atoms with van der Waals surface area (Å²) in [6, 6.07) is 5.70. The van der Waals surface area contributed by atoms with Crippen molar-refractivity contribution in [2.24, 2.45) is 5.92 Å². The first-order valence-electron chi connectivity index (χ1n) is 5.38. The van der Waals surface area contributed by atoms with Crippen molar-refractivity contribution < 1.29 is 0 Å². The van der Waals surface area contributed by atoms with E-state index in [-0.39, 0.29) is 0 Å². The quantitative estimate of drug-likeness (QED) is 0.797. The minimum absolute atomic E-state index is 0.776. The van der Waals surface area contributed by atoms with Gasteiger partial charge in [-0.05, 0) is 37.9 Å². The molecule has 0 saturated heterocycles. The van der Waals surface area contributed by atoms with Gasteiger partial charge in [0.25, 0.3) is 0 Å². The fourth-order valence-corrected chi connectivity index (χ4v) is 2.06. The molecule has 1 aromatic carbocycles. The highest BCUT2D eigenvalue weighted by molar-refractivity contribution is 6.31. The van der Waals surface area contributed by atoms with Gasteiger partial charge in [-0.3, -0.25) is 0 Å². The third kappa shape index (κ3) is 2.86. The molecule has 82 valence electrons. The Bertz CT molecular complexity index is 327. The van der Waals surface area contributed by atoms with Crippen LogP contribution in [0.15, 0.2) is 18.2 Å². The van der Waals surface area contributed by atoms with Crippen LogP contribution in [0.4, 0.5) is 5.69 Å². The summed E-state index contributed by atoms with van der Waals surface area (Å²) in [7, 11) is 2.13. The molecule has 0 atom stereocenters. The van der Waals surface area contributed by atoms with Crippen molar-refractivity contribution in [3.05, 3.63) is 28.8 Å². The Hall–Kier alpha value is -0.730. The zero-order valence-corrected chi connectivity index (χ0v) is 9.80. The Morgan fingerprint density at radius 3 is 2.80 bits per heavy atom. The van der Waals surface area contributed by atoms with Crippen molar-refractivity contribution >= 4 is 17.3 Å². The topological polar surface area (TPSA) is 29.3 Å². The van der Waals surface area contributed by atoms with Gasteiger partial charge >= 0.3 is 0 Å². The summed E-state index contributed by atoms with van der Waals surface area (Å²) in [5.74, 6) is 0.902. The minimum Gasteiger partial charge on any atom is -0.398 e. The van der Waals surface area contributed by atoms with Gasteiger partial charge in [-0.2, -0.15) is 0 Å². The molecule has 0 bridgehead atoms. The molecular formula is C12H17ClN2. The summed E-state index contributed by atoms with van der Waals surface area (Å²) in [5, 5.41) is 0.776. The molecule has 1 aliphatic carbocycles. The first kappa shape index (κ1) is 10.8. The third-order valence-corrected chi connectivity index (χ3v) is 3.20. The molecule has 1 fully saturated rings. The maximum absolute atomic E-state index is 6.12. The number of rotatable bonds is 4. The Labute approximate surface area is 96.0 Å². The third-order valence-electron chi connectivity index (χ3n) is 2.85. The van der Waals surface area contributed by atoms with Crippen LogP contribution in [0.5, 0.6) is 0 Å². The first-order valence-corrected chi connectivity index (χ1v) is 5.76. The van der Waals surface area contributed by atoms with Crippen LogP contribution in [0.1, 0.15) is 18.4 Å². The molecular weight excluding hydrogens is 208 g/mol. The summed E-state index contributed by atoms with van der Waals surface area (Å²) in [5.41, 5.74) is 7.76. The predicted molar refractivity (Wildman–Crippen MR) is 64.9 cm³/mol. The van der Waals surface area contributed by atoms with Gasteiger partial charge in [-0.15, -0.1) is 0 Å². The van der Waals surface area contributed by atoms with Crippen molar-refractivity contribution in [1.82, 2.24) is 4.90 Å². The van der Waals surface area contributed by atoms with E-state index in [1.807, 2.05) is 18.2 Å². The van der Waals surface area contributed by atoms with Crippen LogP contribution < -0.4 is 5.73 Å². The molecule has 0 unspecified atom stereocenters. The van der Waals surface area contributed by atoms with Gasteiger partial charge in [0, 0.05) is 29.4 Å². The SMILES string of the molecule is CN(Cc1c(N)cccc1Cl)CC1CC1.